The number of hydrogen-bond donors (Lipinski definition) is 0. The molecule has 0 aliphatic heterocycles. The van der Waals surface area contributed by atoms with E-state index in [-0.39, 0.29) is 0 Å². The van der Waals surface area contributed by atoms with Gasteiger partial charge in [0, 0.05) is 23.6 Å². The van der Waals surface area contributed by atoms with Gasteiger partial charge in [0.1, 0.15) is 5.75 Å². The topological polar surface area (TPSA) is 13.3 Å². The molecule has 2 aromatic carbocycles. The molecule has 1 aliphatic rings. The number of benzene rings is 2. The Bertz CT molecular complexity index is 1100. The summed E-state index contributed by atoms with van der Waals surface area (Å²) in [7, 11) is 1.72. The number of fused-ring (bicyclic) bond motifs is 4. The summed E-state index contributed by atoms with van der Waals surface area (Å²) in [6, 6.07) is 23.5. The monoisotopic (exact) mass is 324 g/mol. The minimum Gasteiger partial charge on any atom is -0.496 e. The van der Waals surface area contributed by atoms with Gasteiger partial charge in [-0.2, -0.15) is 4.40 Å². The lowest BCUT2D eigenvalue weighted by Gasteiger charge is -2.11. The second-order valence-corrected chi connectivity index (χ2v) is 6.46. The molecule has 0 radical (unpaired) electrons. The molecule has 2 nitrogen and oxygen atoms in total. The Morgan fingerprint density at radius 2 is 1.64 bits per heavy atom. The molecule has 2 heterocycles. The van der Waals surface area contributed by atoms with Crippen molar-refractivity contribution in [3.63, 3.8) is 0 Å². The molecule has 25 heavy (non-hydrogen) atoms. The minimum atomic E-state index is 0.878. The first-order chi connectivity index (χ1) is 12.3. The van der Waals surface area contributed by atoms with Crippen LogP contribution in [0, 0.1) is 0 Å². The summed E-state index contributed by atoms with van der Waals surface area (Å²) < 4.78 is 7.71. The molecule has 0 N–H and O–H groups in total. The molecule has 120 valence electrons. The van der Waals surface area contributed by atoms with E-state index in [9.17, 15) is 0 Å². The maximum absolute atomic E-state index is 5.49. The van der Waals surface area contributed by atoms with Crippen molar-refractivity contribution >= 4 is 5.52 Å². The van der Waals surface area contributed by atoms with Gasteiger partial charge in [0.2, 0.25) is 5.52 Å². The number of methoxy groups -OCH3 is 1. The summed E-state index contributed by atoms with van der Waals surface area (Å²) in [5.74, 6) is 0.878. The Hall–Kier alpha value is -3.13. The van der Waals surface area contributed by atoms with Crippen LogP contribution in [0.25, 0.3) is 27.8 Å². The van der Waals surface area contributed by atoms with Crippen molar-refractivity contribution in [2.45, 2.75) is 6.42 Å². The smallest absolute Gasteiger partial charge is 0.222 e. The van der Waals surface area contributed by atoms with Crippen molar-refractivity contribution in [3.8, 4) is 28.0 Å². The van der Waals surface area contributed by atoms with Crippen LogP contribution in [0.3, 0.4) is 0 Å². The van der Waals surface area contributed by atoms with Crippen molar-refractivity contribution in [1.29, 1.82) is 0 Å². The molecule has 0 fully saturated rings. The predicted octanol–water partition coefficient (Wildman–Crippen LogP) is 4.67. The van der Waals surface area contributed by atoms with Crippen molar-refractivity contribution in [3.05, 3.63) is 90.3 Å². The van der Waals surface area contributed by atoms with E-state index >= 15 is 0 Å². The first kappa shape index (κ1) is 14.2. The van der Waals surface area contributed by atoms with Gasteiger partial charge in [-0.3, -0.25) is 0 Å². The highest BCUT2D eigenvalue weighted by Crippen LogP contribution is 2.43. The zero-order valence-electron chi connectivity index (χ0n) is 14.1. The minimum absolute atomic E-state index is 0.878. The molecule has 0 unspecified atom stereocenters. The highest BCUT2D eigenvalue weighted by Gasteiger charge is 2.28. The summed E-state index contributed by atoms with van der Waals surface area (Å²) in [5.41, 5.74) is 9.17. The van der Waals surface area contributed by atoms with E-state index in [0.717, 1.165) is 12.2 Å². The third kappa shape index (κ3) is 2.14. The summed E-state index contributed by atoms with van der Waals surface area (Å²) in [6.45, 7) is 0. The van der Waals surface area contributed by atoms with Gasteiger partial charge in [-0.25, -0.2) is 0 Å². The predicted molar refractivity (Wildman–Crippen MR) is 99.8 cm³/mol. The number of hydrogen-bond acceptors (Lipinski definition) is 1. The van der Waals surface area contributed by atoms with Gasteiger partial charge in [-0.15, -0.1) is 0 Å². The standard InChI is InChI=1S/C23H18NO/c1-25-19-11-12-24-15-18-13-17-9-5-6-10-20(17)22(18)23(21(24)14-19)16-7-3-2-4-8-16/h2-12,14-15H,13H2,1H3/q+1. The lowest BCUT2D eigenvalue weighted by Crippen LogP contribution is -2.22. The lowest BCUT2D eigenvalue weighted by atomic mass is 9.94. The molecule has 2 heteroatoms. The molecular weight excluding hydrogens is 306 g/mol. The van der Waals surface area contributed by atoms with Crippen molar-refractivity contribution in [1.82, 2.24) is 0 Å². The number of rotatable bonds is 2. The van der Waals surface area contributed by atoms with Crippen LogP contribution in [0.1, 0.15) is 11.1 Å². The second kappa shape index (κ2) is 5.45. The molecule has 2 aromatic heterocycles. The molecule has 0 saturated heterocycles. The van der Waals surface area contributed by atoms with Gasteiger partial charge in [0.25, 0.3) is 0 Å². The summed E-state index contributed by atoms with van der Waals surface area (Å²) in [4.78, 5) is 0. The molecule has 5 rings (SSSR count). The SMILES string of the molecule is COc1cc[n+]2cc3c(c(-c4ccccc4)c2c1)-c1ccccc1C3. The number of pyridine rings is 2. The van der Waals surface area contributed by atoms with Crippen LogP contribution >= 0.6 is 0 Å². The van der Waals surface area contributed by atoms with Crippen LogP contribution in [0.4, 0.5) is 0 Å². The fourth-order valence-electron chi connectivity index (χ4n) is 3.92. The van der Waals surface area contributed by atoms with Crippen LogP contribution in [-0.2, 0) is 6.42 Å². The highest BCUT2D eigenvalue weighted by molar-refractivity contribution is 5.96. The van der Waals surface area contributed by atoms with E-state index in [1.54, 1.807) is 7.11 Å². The molecule has 4 aromatic rings. The average Bonchev–Trinajstić information content (AvgIpc) is 3.04. The maximum atomic E-state index is 5.49. The normalized spacial score (nSPS) is 12.0. The zero-order valence-corrected chi connectivity index (χ0v) is 14.1. The Morgan fingerprint density at radius 3 is 2.48 bits per heavy atom. The fraction of sp³-hybridized carbons (Fsp3) is 0.0870. The molecule has 0 amide bonds. The van der Waals surface area contributed by atoms with E-state index in [4.69, 9.17) is 4.74 Å². The Labute approximate surface area is 147 Å². The highest BCUT2D eigenvalue weighted by atomic mass is 16.5. The van der Waals surface area contributed by atoms with Crippen LogP contribution in [0.2, 0.25) is 0 Å². The summed E-state index contributed by atoms with van der Waals surface area (Å²) in [5, 5.41) is 0. The lowest BCUT2D eigenvalue weighted by molar-refractivity contribution is -0.511. The number of aromatic nitrogens is 1. The first-order valence-corrected chi connectivity index (χ1v) is 8.54. The third-order valence-corrected chi connectivity index (χ3v) is 5.04. The van der Waals surface area contributed by atoms with Gasteiger partial charge in [0.05, 0.1) is 18.7 Å². The van der Waals surface area contributed by atoms with Gasteiger partial charge in [-0.1, -0.05) is 54.6 Å². The maximum Gasteiger partial charge on any atom is 0.222 e. The van der Waals surface area contributed by atoms with Crippen molar-refractivity contribution < 1.29 is 9.14 Å². The molecule has 0 saturated carbocycles. The molecular formula is C23H18NO+. The van der Waals surface area contributed by atoms with E-state index in [1.165, 1.54) is 38.9 Å². The molecule has 0 atom stereocenters. The number of ether oxygens (including phenoxy) is 1. The van der Waals surface area contributed by atoms with Crippen molar-refractivity contribution in [2.75, 3.05) is 7.11 Å². The van der Waals surface area contributed by atoms with Crippen LogP contribution in [0.15, 0.2) is 79.1 Å². The van der Waals surface area contributed by atoms with E-state index in [0.29, 0.717) is 0 Å². The van der Waals surface area contributed by atoms with Crippen LogP contribution in [0.5, 0.6) is 5.75 Å². The van der Waals surface area contributed by atoms with Crippen molar-refractivity contribution in [2.24, 2.45) is 0 Å². The summed E-state index contributed by atoms with van der Waals surface area (Å²) in [6.07, 6.45) is 5.33. The Morgan fingerprint density at radius 1 is 0.840 bits per heavy atom. The van der Waals surface area contributed by atoms with E-state index in [2.05, 4.69) is 77.5 Å². The van der Waals surface area contributed by atoms with Gasteiger partial charge in [-0.05, 0) is 16.7 Å². The van der Waals surface area contributed by atoms with Crippen LogP contribution < -0.4 is 9.14 Å². The molecule has 0 bridgehead atoms. The zero-order chi connectivity index (χ0) is 16.8. The fourth-order valence-corrected chi connectivity index (χ4v) is 3.92. The van der Waals surface area contributed by atoms with E-state index < -0.39 is 0 Å². The third-order valence-electron chi connectivity index (χ3n) is 5.04. The second-order valence-electron chi connectivity index (χ2n) is 6.46. The van der Waals surface area contributed by atoms with Crippen LogP contribution in [-0.4, -0.2) is 7.11 Å². The van der Waals surface area contributed by atoms with Gasteiger partial charge in [0.15, 0.2) is 12.4 Å². The Kier molecular flexibility index (Phi) is 3.10. The summed E-state index contributed by atoms with van der Waals surface area (Å²) >= 11 is 0. The first-order valence-electron chi connectivity index (χ1n) is 8.54. The van der Waals surface area contributed by atoms with Gasteiger partial charge >= 0.3 is 0 Å². The Balaban J connectivity index is 1.94. The van der Waals surface area contributed by atoms with Gasteiger partial charge < -0.3 is 4.74 Å². The van der Waals surface area contributed by atoms with E-state index in [1.807, 2.05) is 6.07 Å². The largest absolute Gasteiger partial charge is 0.496 e. The number of nitrogens with zero attached hydrogens (tertiary/aromatic N) is 1. The molecule has 0 spiro atoms. The quantitative estimate of drug-likeness (QED) is 0.430. The average molecular weight is 324 g/mol. The molecule has 1 aliphatic carbocycles.